The molecule has 0 aromatic heterocycles. The average Bonchev–Trinajstić information content (AvgIpc) is 2.46. The Morgan fingerprint density at radius 2 is 1.75 bits per heavy atom. The molecule has 2 fully saturated rings. The van der Waals surface area contributed by atoms with Crippen molar-refractivity contribution in [3.05, 3.63) is 0 Å². The van der Waals surface area contributed by atoms with Gasteiger partial charge in [0.25, 0.3) is 0 Å². The Morgan fingerprint density at radius 1 is 1.05 bits per heavy atom. The molecule has 1 saturated carbocycles. The first kappa shape index (κ1) is 16.3. The van der Waals surface area contributed by atoms with Crippen LogP contribution in [-0.2, 0) is 0 Å². The minimum Gasteiger partial charge on any atom is -0.311 e. The predicted octanol–water partition coefficient (Wildman–Crippen LogP) is 3.91. The van der Waals surface area contributed by atoms with Crippen LogP contribution in [0.1, 0.15) is 66.7 Å². The molecule has 1 aliphatic carbocycles. The lowest BCUT2D eigenvalue weighted by Crippen LogP contribution is -2.62. The molecule has 1 N–H and O–H groups in total. The largest absolute Gasteiger partial charge is 0.311 e. The topological polar surface area (TPSA) is 15.3 Å². The molecule has 0 aromatic carbocycles. The van der Waals surface area contributed by atoms with E-state index in [2.05, 4.69) is 44.8 Å². The van der Waals surface area contributed by atoms with Gasteiger partial charge in [0.1, 0.15) is 0 Å². The summed E-state index contributed by atoms with van der Waals surface area (Å²) in [4.78, 5) is 2.92. The van der Waals surface area contributed by atoms with Crippen LogP contribution in [0, 0.1) is 17.8 Å². The summed E-state index contributed by atoms with van der Waals surface area (Å²) in [5.41, 5.74) is 0. The number of nitrogens with one attached hydrogen (secondary N) is 1. The van der Waals surface area contributed by atoms with Crippen LogP contribution in [0.25, 0.3) is 0 Å². The summed E-state index contributed by atoms with van der Waals surface area (Å²) in [6, 6.07) is 2.29. The highest BCUT2D eigenvalue weighted by Gasteiger charge is 2.39. The lowest BCUT2D eigenvalue weighted by molar-refractivity contribution is -0.000503. The smallest absolute Gasteiger partial charge is 0.0247 e. The Kier molecular flexibility index (Phi) is 5.92. The zero-order valence-electron chi connectivity index (χ0n) is 14.4. The number of nitrogens with zero attached hydrogens (tertiary/aromatic N) is 1. The highest BCUT2D eigenvalue weighted by molar-refractivity contribution is 4.95. The molecule has 118 valence electrons. The van der Waals surface area contributed by atoms with Crippen LogP contribution in [0.15, 0.2) is 0 Å². The van der Waals surface area contributed by atoms with E-state index in [1.54, 1.807) is 0 Å². The van der Waals surface area contributed by atoms with Crippen molar-refractivity contribution in [1.82, 2.24) is 10.2 Å². The number of rotatable bonds is 4. The van der Waals surface area contributed by atoms with E-state index >= 15 is 0 Å². The van der Waals surface area contributed by atoms with Gasteiger partial charge in [0.05, 0.1) is 0 Å². The molecule has 0 bridgehead atoms. The van der Waals surface area contributed by atoms with E-state index in [4.69, 9.17) is 0 Å². The lowest BCUT2D eigenvalue weighted by atomic mass is 9.75. The first-order valence-electron chi connectivity index (χ1n) is 9.03. The Balaban J connectivity index is 2.14. The fraction of sp³-hybridized carbons (Fsp3) is 1.00. The fourth-order valence-electron chi connectivity index (χ4n) is 4.46. The summed E-state index contributed by atoms with van der Waals surface area (Å²) in [7, 11) is 0. The molecular weight excluding hydrogens is 244 g/mol. The van der Waals surface area contributed by atoms with Gasteiger partial charge in [-0.15, -0.1) is 0 Å². The summed E-state index contributed by atoms with van der Waals surface area (Å²) in [6.45, 7) is 14.5. The second-order valence-corrected chi connectivity index (χ2v) is 7.78. The van der Waals surface area contributed by atoms with Gasteiger partial charge in [0.2, 0.25) is 0 Å². The van der Waals surface area contributed by atoms with E-state index < -0.39 is 0 Å². The van der Waals surface area contributed by atoms with Crippen LogP contribution in [0.5, 0.6) is 0 Å². The number of hydrogen-bond acceptors (Lipinski definition) is 2. The normalized spacial score (nSPS) is 36.8. The van der Waals surface area contributed by atoms with Crippen molar-refractivity contribution >= 4 is 0 Å². The Bertz CT molecular complexity index is 287. The predicted molar refractivity (Wildman–Crippen MR) is 88.0 cm³/mol. The molecular formula is C18H36N2. The van der Waals surface area contributed by atoms with Crippen molar-refractivity contribution in [3.63, 3.8) is 0 Å². The van der Waals surface area contributed by atoms with Gasteiger partial charge in [-0.3, -0.25) is 4.90 Å². The maximum atomic E-state index is 3.77. The van der Waals surface area contributed by atoms with Gasteiger partial charge in [-0.25, -0.2) is 0 Å². The third kappa shape index (κ3) is 3.57. The van der Waals surface area contributed by atoms with Gasteiger partial charge >= 0.3 is 0 Å². The van der Waals surface area contributed by atoms with E-state index in [1.807, 2.05) is 0 Å². The summed E-state index contributed by atoms with van der Waals surface area (Å²) in [5.74, 6) is 2.51. The lowest BCUT2D eigenvalue weighted by Gasteiger charge is -2.50. The van der Waals surface area contributed by atoms with Gasteiger partial charge in [0, 0.05) is 31.2 Å². The van der Waals surface area contributed by atoms with Crippen LogP contribution < -0.4 is 5.32 Å². The molecule has 4 atom stereocenters. The molecule has 2 aliphatic rings. The Morgan fingerprint density at radius 3 is 2.35 bits per heavy atom. The average molecular weight is 280 g/mol. The van der Waals surface area contributed by atoms with Crippen molar-refractivity contribution < 1.29 is 0 Å². The van der Waals surface area contributed by atoms with Crippen LogP contribution >= 0.6 is 0 Å². The molecule has 1 aliphatic heterocycles. The molecule has 0 spiro atoms. The quantitative estimate of drug-likeness (QED) is 0.840. The van der Waals surface area contributed by atoms with E-state index in [-0.39, 0.29) is 0 Å². The third-order valence-corrected chi connectivity index (χ3v) is 5.80. The maximum Gasteiger partial charge on any atom is 0.0247 e. The first-order chi connectivity index (χ1) is 9.54. The minimum atomic E-state index is 0.708. The maximum absolute atomic E-state index is 3.77. The third-order valence-electron chi connectivity index (χ3n) is 5.80. The molecule has 1 heterocycles. The van der Waals surface area contributed by atoms with Crippen LogP contribution in [0.2, 0.25) is 0 Å². The molecule has 0 aromatic rings. The standard InChI is InChI=1S/C18H36N2/c1-6-15-12-20(18(11-19-15)14(4)5)17-10-8-7-9-16(17)13(2)3/h13-19H,6-12H2,1-5H3. The molecule has 1 saturated heterocycles. The molecule has 0 amide bonds. The molecule has 2 rings (SSSR count). The van der Waals surface area contributed by atoms with Gasteiger partial charge < -0.3 is 5.32 Å². The summed E-state index contributed by atoms with van der Waals surface area (Å²) >= 11 is 0. The highest BCUT2D eigenvalue weighted by Crippen LogP contribution is 2.36. The van der Waals surface area contributed by atoms with E-state index in [0.717, 1.165) is 29.8 Å². The monoisotopic (exact) mass is 280 g/mol. The highest BCUT2D eigenvalue weighted by atomic mass is 15.3. The van der Waals surface area contributed by atoms with Crippen molar-refractivity contribution in [2.75, 3.05) is 13.1 Å². The van der Waals surface area contributed by atoms with Gasteiger partial charge in [-0.05, 0) is 37.0 Å². The molecule has 0 radical (unpaired) electrons. The van der Waals surface area contributed by atoms with Crippen molar-refractivity contribution in [1.29, 1.82) is 0 Å². The second-order valence-electron chi connectivity index (χ2n) is 7.78. The van der Waals surface area contributed by atoms with E-state index in [0.29, 0.717) is 6.04 Å². The fourth-order valence-corrected chi connectivity index (χ4v) is 4.46. The molecule has 2 nitrogen and oxygen atoms in total. The molecule has 20 heavy (non-hydrogen) atoms. The molecule has 4 unspecified atom stereocenters. The second kappa shape index (κ2) is 7.26. The van der Waals surface area contributed by atoms with E-state index in [1.165, 1.54) is 45.2 Å². The van der Waals surface area contributed by atoms with E-state index in [9.17, 15) is 0 Å². The zero-order valence-corrected chi connectivity index (χ0v) is 14.4. The number of hydrogen-bond donors (Lipinski definition) is 1. The summed E-state index contributed by atoms with van der Waals surface area (Å²) in [5, 5.41) is 3.77. The first-order valence-corrected chi connectivity index (χ1v) is 9.03. The van der Waals surface area contributed by atoms with Crippen LogP contribution in [0.3, 0.4) is 0 Å². The van der Waals surface area contributed by atoms with Crippen molar-refractivity contribution in [2.24, 2.45) is 17.8 Å². The van der Waals surface area contributed by atoms with Gasteiger partial charge in [-0.2, -0.15) is 0 Å². The number of piperazine rings is 1. The van der Waals surface area contributed by atoms with Crippen molar-refractivity contribution in [3.8, 4) is 0 Å². The molecule has 2 heteroatoms. The Labute approximate surface area is 126 Å². The SMILES string of the molecule is CCC1CN(C2CCCCC2C(C)C)C(C(C)C)CN1. The van der Waals surface area contributed by atoms with Crippen LogP contribution in [0.4, 0.5) is 0 Å². The van der Waals surface area contributed by atoms with Crippen LogP contribution in [-0.4, -0.2) is 36.1 Å². The van der Waals surface area contributed by atoms with Gasteiger partial charge in [-0.1, -0.05) is 47.5 Å². The van der Waals surface area contributed by atoms with Gasteiger partial charge in [0.15, 0.2) is 0 Å². The minimum absolute atomic E-state index is 0.708. The summed E-state index contributed by atoms with van der Waals surface area (Å²) in [6.07, 6.45) is 7.05. The summed E-state index contributed by atoms with van der Waals surface area (Å²) < 4.78 is 0. The van der Waals surface area contributed by atoms with Crippen molar-refractivity contribution in [2.45, 2.75) is 84.8 Å². The Hall–Kier alpha value is -0.0800. The zero-order chi connectivity index (χ0) is 14.7.